The first-order chi connectivity index (χ1) is 22.2. The third-order valence-electron chi connectivity index (χ3n) is 7.10. The van der Waals surface area contributed by atoms with Crippen LogP contribution in [0.2, 0.25) is 0 Å². The van der Waals surface area contributed by atoms with E-state index in [1.165, 1.54) is 0 Å². The summed E-state index contributed by atoms with van der Waals surface area (Å²) in [6, 6.07) is 16.1. The maximum absolute atomic E-state index is 13.4. The predicted molar refractivity (Wildman–Crippen MR) is 176 cm³/mol. The number of alkyl carbamates (subject to hydrolysis) is 2. The number of rotatable bonds is 18. The summed E-state index contributed by atoms with van der Waals surface area (Å²) >= 11 is 0. The van der Waals surface area contributed by atoms with Gasteiger partial charge in [-0.05, 0) is 50.7 Å². The molecule has 8 N–H and O–H groups in total. The zero-order valence-corrected chi connectivity index (χ0v) is 27.9. The lowest BCUT2D eigenvalue weighted by Crippen LogP contribution is -2.57. The van der Waals surface area contributed by atoms with E-state index in [0.717, 1.165) is 11.1 Å². The van der Waals surface area contributed by atoms with Crippen LogP contribution in [0.25, 0.3) is 0 Å². The van der Waals surface area contributed by atoms with Gasteiger partial charge in [0.1, 0.15) is 24.4 Å². The molecule has 2 aromatic carbocycles. The number of aliphatic hydroxyl groups is 4. The molecule has 0 saturated carbocycles. The molecule has 13 nitrogen and oxygen atoms in total. The van der Waals surface area contributed by atoms with Crippen LogP contribution in [0.4, 0.5) is 9.59 Å². The second-order valence-corrected chi connectivity index (χ2v) is 12.8. The number of benzene rings is 2. The molecule has 13 heteroatoms. The molecule has 0 aromatic heterocycles. The molecule has 262 valence electrons. The van der Waals surface area contributed by atoms with Gasteiger partial charge in [-0.25, -0.2) is 9.59 Å². The Hall–Kier alpha value is -3.75. The van der Waals surface area contributed by atoms with Crippen LogP contribution < -0.4 is 21.3 Å². The summed E-state index contributed by atoms with van der Waals surface area (Å²) in [6.07, 6.45) is -4.41. The van der Waals surface area contributed by atoms with E-state index in [1.807, 2.05) is 60.7 Å². The van der Waals surface area contributed by atoms with E-state index >= 15 is 0 Å². The topological polar surface area (TPSA) is 199 Å². The van der Waals surface area contributed by atoms with Gasteiger partial charge in [-0.2, -0.15) is 0 Å². The Bertz CT molecular complexity index is 1210. The van der Waals surface area contributed by atoms with Crippen molar-refractivity contribution >= 4 is 18.1 Å². The zero-order chi connectivity index (χ0) is 35.0. The number of nitrogens with one attached hydrogen (secondary N) is 4. The molecular formula is C34H52N4O9. The van der Waals surface area contributed by atoms with Crippen molar-refractivity contribution < 1.29 is 44.3 Å². The first kappa shape index (κ1) is 39.4. The fraction of sp³-hybridized carbons (Fsp3) is 0.559. The number of aliphatic hydroxyl groups excluding tert-OH is 4. The van der Waals surface area contributed by atoms with Crippen LogP contribution in [0.15, 0.2) is 60.7 Å². The van der Waals surface area contributed by atoms with E-state index in [0.29, 0.717) is 6.42 Å². The molecule has 0 spiro atoms. The summed E-state index contributed by atoms with van der Waals surface area (Å²) in [7, 11) is 0. The maximum atomic E-state index is 13.4. The number of carbonyl (C=O) groups is 3. The van der Waals surface area contributed by atoms with E-state index in [-0.39, 0.29) is 25.4 Å². The monoisotopic (exact) mass is 660 g/mol. The maximum Gasteiger partial charge on any atom is 0.407 e. The largest absolute Gasteiger partial charge is 0.447 e. The average Bonchev–Trinajstić information content (AvgIpc) is 3.01. The van der Waals surface area contributed by atoms with Crippen molar-refractivity contribution in [2.24, 2.45) is 5.92 Å². The van der Waals surface area contributed by atoms with E-state index in [9.17, 15) is 29.7 Å². The molecule has 0 fully saturated rings. The quantitative estimate of drug-likeness (QED) is 0.115. The second kappa shape index (κ2) is 19.8. The van der Waals surface area contributed by atoms with E-state index < -0.39 is 73.3 Å². The van der Waals surface area contributed by atoms with Crippen molar-refractivity contribution in [1.82, 2.24) is 21.3 Å². The van der Waals surface area contributed by atoms with Gasteiger partial charge in [0, 0.05) is 13.1 Å². The smallest absolute Gasteiger partial charge is 0.407 e. The van der Waals surface area contributed by atoms with Crippen molar-refractivity contribution in [3.63, 3.8) is 0 Å². The number of ether oxygens (including phenoxy) is 2. The van der Waals surface area contributed by atoms with Gasteiger partial charge in [0.05, 0.1) is 30.9 Å². The Labute approximate surface area is 277 Å². The summed E-state index contributed by atoms with van der Waals surface area (Å²) in [5.74, 6) is -0.906. The minimum Gasteiger partial charge on any atom is -0.447 e. The summed E-state index contributed by atoms with van der Waals surface area (Å²) in [4.78, 5) is 38.2. The number of carbonyl (C=O) groups excluding carboxylic acids is 3. The Balaban J connectivity index is 2.10. The van der Waals surface area contributed by atoms with Crippen molar-refractivity contribution in [2.45, 2.75) is 89.5 Å². The Morgan fingerprint density at radius 1 is 0.745 bits per heavy atom. The standard InChI is InChI=1S/C34H52N4O9/c1-22(2)30(38-32(44)46-21-25(40)20-39)31(43)36-26(16-23-12-8-6-9-13-23)28(41)18-35-19-29(42)27(17-24-14-10-7-11-15-24)37-33(45)47-34(3,4)5/h6-15,22,25-30,35,39-42H,16-21H2,1-5H3,(H,36,43)(H,37,45)(H,38,44)/t25-,26+,27+,28-,29-,30+/m1/s1. The predicted octanol–water partition coefficient (Wildman–Crippen LogP) is 1.27. The molecule has 0 aliphatic carbocycles. The van der Waals surface area contributed by atoms with Crippen molar-refractivity contribution in [3.05, 3.63) is 71.8 Å². The van der Waals surface area contributed by atoms with Crippen molar-refractivity contribution in [2.75, 3.05) is 26.3 Å². The molecule has 0 saturated heterocycles. The lowest BCUT2D eigenvalue weighted by molar-refractivity contribution is -0.125. The summed E-state index contributed by atoms with van der Waals surface area (Å²) in [5, 5.41) is 51.9. The molecule has 0 radical (unpaired) electrons. The first-order valence-corrected chi connectivity index (χ1v) is 15.8. The van der Waals surface area contributed by atoms with Crippen LogP contribution in [-0.2, 0) is 27.1 Å². The summed E-state index contributed by atoms with van der Waals surface area (Å²) < 4.78 is 10.3. The van der Waals surface area contributed by atoms with Crippen LogP contribution in [-0.4, -0.2) is 107 Å². The summed E-state index contributed by atoms with van der Waals surface area (Å²) in [6.45, 7) is 7.68. The van der Waals surface area contributed by atoms with Crippen molar-refractivity contribution in [3.8, 4) is 0 Å². The minimum absolute atomic E-state index is 0.0120. The van der Waals surface area contributed by atoms with Gasteiger partial charge in [0.25, 0.3) is 0 Å². The zero-order valence-electron chi connectivity index (χ0n) is 27.9. The molecule has 0 unspecified atom stereocenters. The van der Waals surface area contributed by atoms with Gasteiger partial charge in [0.15, 0.2) is 0 Å². The SMILES string of the molecule is CC(C)[C@H](NC(=O)OC[C@H](O)CO)C(=O)N[C@@H](Cc1ccccc1)[C@H](O)CNC[C@@H](O)[C@H](Cc1ccccc1)NC(=O)OC(C)(C)C. The fourth-order valence-corrected chi connectivity index (χ4v) is 4.63. The minimum atomic E-state index is -1.25. The molecule has 3 amide bonds. The Kier molecular flexibility index (Phi) is 16.6. The highest BCUT2D eigenvalue weighted by Crippen LogP contribution is 2.12. The highest BCUT2D eigenvalue weighted by Gasteiger charge is 2.30. The fourth-order valence-electron chi connectivity index (χ4n) is 4.63. The van der Waals surface area contributed by atoms with Gasteiger partial charge in [-0.15, -0.1) is 0 Å². The highest BCUT2D eigenvalue weighted by molar-refractivity contribution is 5.86. The van der Waals surface area contributed by atoms with E-state index in [4.69, 9.17) is 14.6 Å². The van der Waals surface area contributed by atoms with Gasteiger partial charge in [-0.1, -0.05) is 74.5 Å². The molecule has 0 heterocycles. The van der Waals surface area contributed by atoms with Gasteiger partial charge in [-0.3, -0.25) is 4.79 Å². The Morgan fingerprint density at radius 3 is 1.68 bits per heavy atom. The number of hydrogen-bond acceptors (Lipinski definition) is 10. The molecule has 47 heavy (non-hydrogen) atoms. The van der Waals surface area contributed by atoms with Crippen LogP contribution in [0.5, 0.6) is 0 Å². The first-order valence-electron chi connectivity index (χ1n) is 15.8. The van der Waals surface area contributed by atoms with Crippen molar-refractivity contribution in [1.29, 1.82) is 0 Å². The molecule has 6 atom stereocenters. The van der Waals surface area contributed by atoms with Crippen LogP contribution in [0.1, 0.15) is 45.7 Å². The molecule has 2 rings (SSSR count). The summed E-state index contributed by atoms with van der Waals surface area (Å²) in [5.41, 5.74) is 1.03. The lowest BCUT2D eigenvalue weighted by Gasteiger charge is -2.30. The van der Waals surface area contributed by atoms with Gasteiger partial charge in [0.2, 0.25) is 5.91 Å². The van der Waals surface area contributed by atoms with E-state index in [2.05, 4.69) is 21.3 Å². The van der Waals surface area contributed by atoms with Crippen LogP contribution in [0, 0.1) is 5.92 Å². The third kappa shape index (κ3) is 15.6. The van der Waals surface area contributed by atoms with Crippen LogP contribution >= 0.6 is 0 Å². The second-order valence-electron chi connectivity index (χ2n) is 12.8. The van der Waals surface area contributed by atoms with E-state index in [1.54, 1.807) is 34.6 Å². The van der Waals surface area contributed by atoms with Crippen LogP contribution in [0.3, 0.4) is 0 Å². The van der Waals surface area contributed by atoms with Gasteiger partial charge >= 0.3 is 12.2 Å². The molecule has 0 aliphatic rings. The number of hydrogen-bond donors (Lipinski definition) is 8. The molecular weight excluding hydrogens is 608 g/mol. The Morgan fingerprint density at radius 2 is 1.23 bits per heavy atom. The third-order valence-corrected chi connectivity index (χ3v) is 7.10. The average molecular weight is 661 g/mol. The highest BCUT2D eigenvalue weighted by atomic mass is 16.6. The lowest BCUT2D eigenvalue weighted by atomic mass is 9.98. The number of amides is 3. The molecule has 0 aliphatic heterocycles. The molecule has 2 aromatic rings. The molecule has 0 bridgehead atoms. The normalized spacial score (nSPS) is 15.4. The van der Waals surface area contributed by atoms with Gasteiger partial charge < -0.3 is 51.2 Å².